The molecular formula is C13H19N3O2. The number of nitrogens with one attached hydrogen (secondary N) is 1. The number of rotatable bonds is 3. The summed E-state index contributed by atoms with van der Waals surface area (Å²) >= 11 is 0. The third-order valence-corrected chi connectivity index (χ3v) is 2.56. The van der Waals surface area contributed by atoms with Crippen molar-refractivity contribution < 1.29 is 9.59 Å². The fraction of sp³-hybridized carbons (Fsp3) is 0.385. The highest BCUT2D eigenvalue weighted by molar-refractivity contribution is 5.98. The maximum absolute atomic E-state index is 11.8. The molecule has 0 fully saturated rings. The maximum Gasteiger partial charge on any atom is 0.253 e. The second-order valence-corrected chi connectivity index (χ2v) is 4.51. The summed E-state index contributed by atoms with van der Waals surface area (Å²) in [7, 11) is 3.37. The van der Waals surface area contributed by atoms with Crippen molar-refractivity contribution in [3.05, 3.63) is 29.3 Å². The number of aryl methyl sites for hydroxylation is 1. The number of amides is 2. The summed E-state index contributed by atoms with van der Waals surface area (Å²) < 4.78 is 0. The zero-order valence-electron chi connectivity index (χ0n) is 11.2. The molecule has 0 spiro atoms. The second-order valence-electron chi connectivity index (χ2n) is 4.51. The molecule has 1 unspecified atom stereocenters. The van der Waals surface area contributed by atoms with Crippen molar-refractivity contribution >= 4 is 17.5 Å². The van der Waals surface area contributed by atoms with Crippen LogP contribution in [-0.4, -0.2) is 36.9 Å². The van der Waals surface area contributed by atoms with Gasteiger partial charge < -0.3 is 16.0 Å². The van der Waals surface area contributed by atoms with Crippen molar-refractivity contribution in [2.45, 2.75) is 19.9 Å². The molecule has 0 bridgehead atoms. The Morgan fingerprint density at radius 1 is 1.33 bits per heavy atom. The Morgan fingerprint density at radius 2 is 1.94 bits per heavy atom. The molecule has 0 saturated heterocycles. The van der Waals surface area contributed by atoms with E-state index in [1.807, 2.05) is 6.92 Å². The van der Waals surface area contributed by atoms with Gasteiger partial charge in [0, 0.05) is 25.3 Å². The van der Waals surface area contributed by atoms with E-state index < -0.39 is 6.04 Å². The van der Waals surface area contributed by atoms with Crippen molar-refractivity contribution in [2.24, 2.45) is 5.73 Å². The molecular weight excluding hydrogens is 230 g/mol. The highest BCUT2D eigenvalue weighted by Crippen LogP contribution is 2.17. The van der Waals surface area contributed by atoms with E-state index in [0.717, 1.165) is 5.56 Å². The number of nitrogens with two attached hydrogens (primary N) is 1. The molecule has 0 aliphatic heterocycles. The first-order chi connectivity index (χ1) is 8.32. The van der Waals surface area contributed by atoms with E-state index in [1.165, 1.54) is 4.90 Å². The van der Waals surface area contributed by atoms with E-state index >= 15 is 0 Å². The van der Waals surface area contributed by atoms with Crippen LogP contribution in [0.1, 0.15) is 22.8 Å². The number of benzene rings is 1. The molecule has 0 aliphatic carbocycles. The van der Waals surface area contributed by atoms with Crippen LogP contribution in [-0.2, 0) is 4.79 Å². The fourth-order valence-corrected chi connectivity index (χ4v) is 1.39. The molecule has 1 aromatic carbocycles. The molecule has 0 aliphatic rings. The molecule has 0 radical (unpaired) electrons. The number of hydrogen-bond donors (Lipinski definition) is 2. The molecule has 3 N–H and O–H groups in total. The van der Waals surface area contributed by atoms with E-state index in [2.05, 4.69) is 5.32 Å². The fourth-order valence-electron chi connectivity index (χ4n) is 1.39. The van der Waals surface area contributed by atoms with Gasteiger partial charge in [-0.25, -0.2) is 0 Å². The molecule has 5 heteroatoms. The van der Waals surface area contributed by atoms with Crippen molar-refractivity contribution in [3.8, 4) is 0 Å². The predicted octanol–water partition coefficient (Wildman–Crippen LogP) is 0.983. The molecule has 1 atom stereocenters. The minimum absolute atomic E-state index is 0.105. The Hall–Kier alpha value is -1.88. The van der Waals surface area contributed by atoms with Crippen LogP contribution < -0.4 is 11.1 Å². The minimum Gasteiger partial charge on any atom is -0.345 e. The summed E-state index contributed by atoms with van der Waals surface area (Å²) in [6, 6.07) is 4.61. The number of carbonyl (C=O) groups is 2. The van der Waals surface area contributed by atoms with Gasteiger partial charge in [-0.1, -0.05) is 6.07 Å². The highest BCUT2D eigenvalue weighted by atomic mass is 16.2. The molecule has 1 aromatic rings. The normalized spacial score (nSPS) is 11.8. The lowest BCUT2D eigenvalue weighted by molar-refractivity contribution is -0.117. The number of hydrogen-bond acceptors (Lipinski definition) is 3. The lowest BCUT2D eigenvalue weighted by Gasteiger charge is -2.14. The van der Waals surface area contributed by atoms with Gasteiger partial charge in [0.05, 0.1) is 6.04 Å². The van der Waals surface area contributed by atoms with E-state index in [4.69, 9.17) is 5.73 Å². The number of anilines is 1. The van der Waals surface area contributed by atoms with Gasteiger partial charge in [0.1, 0.15) is 0 Å². The van der Waals surface area contributed by atoms with Gasteiger partial charge in [0.2, 0.25) is 5.91 Å². The van der Waals surface area contributed by atoms with Crippen LogP contribution in [0, 0.1) is 6.92 Å². The molecule has 2 amide bonds. The van der Waals surface area contributed by atoms with Crippen LogP contribution in [0.25, 0.3) is 0 Å². The van der Waals surface area contributed by atoms with E-state index in [9.17, 15) is 9.59 Å². The van der Waals surface area contributed by atoms with E-state index in [0.29, 0.717) is 11.3 Å². The quantitative estimate of drug-likeness (QED) is 0.838. The first kappa shape index (κ1) is 14.2. The van der Waals surface area contributed by atoms with Crippen LogP contribution in [0.2, 0.25) is 0 Å². The topological polar surface area (TPSA) is 75.4 Å². The number of nitrogens with zero attached hydrogens (tertiary/aromatic N) is 1. The average Bonchev–Trinajstić information content (AvgIpc) is 2.30. The van der Waals surface area contributed by atoms with Crippen molar-refractivity contribution in [1.29, 1.82) is 0 Å². The first-order valence-electron chi connectivity index (χ1n) is 5.71. The lowest BCUT2D eigenvalue weighted by atomic mass is 10.1. The van der Waals surface area contributed by atoms with Gasteiger partial charge in [-0.3, -0.25) is 9.59 Å². The number of carbonyl (C=O) groups excluding carboxylic acids is 2. The summed E-state index contributed by atoms with van der Waals surface area (Å²) in [4.78, 5) is 24.9. The minimum atomic E-state index is -0.586. The van der Waals surface area contributed by atoms with Gasteiger partial charge in [-0.05, 0) is 31.5 Å². The Balaban J connectivity index is 3.02. The molecule has 0 saturated carbocycles. The summed E-state index contributed by atoms with van der Waals surface area (Å²) in [5, 5.41) is 2.71. The van der Waals surface area contributed by atoms with Crippen molar-refractivity contribution in [3.63, 3.8) is 0 Å². The van der Waals surface area contributed by atoms with Crippen LogP contribution in [0.3, 0.4) is 0 Å². The van der Waals surface area contributed by atoms with Crippen molar-refractivity contribution in [2.75, 3.05) is 19.4 Å². The van der Waals surface area contributed by atoms with Gasteiger partial charge in [-0.15, -0.1) is 0 Å². The maximum atomic E-state index is 11.8. The Morgan fingerprint density at radius 3 is 2.44 bits per heavy atom. The summed E-state index contributed by atoms with van der Waals surface area (Å²) in [6.07, 6.45) is 0. The third kappa shape index (κ3) is 3.30. The van der Waals surface area contributed by atoms with E-state index in [-0.39, 0.29) is 11.8 Å². The standard InChI is InChI=1S/C13H19N3O2/c1-8-5-6-10(13(18)16(3)4)7-11(8)15-12(17)9(2)14/h5-7,9H,14H2,1-4H3,(H,15,17). The molecule has 18 heavy (non-hydrogen) atoms. The zero-order valence-corrected chi connectivity index (χ0v) is 11.2. The van der Waals surface area contributed by atoms with Crippen LogP contribution in [0.15, 0.2) is 18.2 Å². The molecule has 1 rings (SSSR count). The van der Waals surface area contributed by atoms with Gasteiger partial charge >= 0.3 is 0 Å². The lowest BCUT2D eigenvalue weighted by Crippen LogP contribution is -2.32. The predicted molar refractivity (Wildman–Crippen MR) is 71.5 cm³/mol. The SMILES string of the molecule is Cc1ccc(C(=O)N(C)C)cc1NC(=O)C(C)N. The average molecular weight is 249 g/mol. The zero-order chi connectivity index (χ0) is 13.9. The molecule has 5 nitrogen and oxygen atoms in total. The first-order valence-corrected chi connectivity index (χ1v) is 5.71. The Labute approximate surface area is 107 Å². The van der Waals surface area contributed by atoms with Crippen LogP contribution >= 0.6 is 0 Å². The Bertz CT molecular complexity index is 467. The highest BCUT2D eigenvalue weighted by Gasteiger charge is 2.13. The van der Waals surface area contributed by atoms with Crippen molar-refractivity contribution in [1.82, 2.24) is 4.90 Å². The summed E-state index contributed by atoms with van der Waals surface area (Å²) in [6.45, 7) is 3.47. The summed E-state index contributed by atoms with van der Waals surface area (Å²) in [5.41, 5.74) is 7.53. The molecule has 98 valence electrons. The smallest absolute Gasteiger partial charge is 0.253 e. The largest absolute Gasteiger partial charge is 0.345 e. The van der Waals surface area contributed by atoms with Gasteiger partial charge in [0.15, 0.2) is 0 Å². The van der Waals surface area contributed by atoms with Crippen LogP contribution in [0.5, 0.6) is 0 Å². The molecule has 0 aromatic heterocycles. The molecule has 0 heterocycles. The van der Waals surface area contributed by atoms with Crippen LogP contribution in [0.4, 0.5) is 5.69 Å². The monoisotopic (exact) mass is 249 g/mol. The third-order valence-electron chi connectivity index (χ3n) is 2.56. The van der Waals surface area contributed by atoms with E-state index in [1.54, 1.807) is 39.2 Å². The second kappa shape index (κ2) is 5.64. The summed E-state index contributed by atoms with van der Waals surface area (Å²) in [5.74, 6) is -0.376. The Kier molecular flexibility index (Phi) is 4.44. The van der Waals surface area contributed by atoms with Gasteiger partial charge in [-0.2, -0.15) is 0 Å². The van der Waals surface area contributed by atoms with Gasteiger partial charge in [0.25, 0.3) is 5.91 Å².